The Hall–Kier alpha value is -3.44. The standard InChI is InChI=1S/C25H24N2O3/c1-18(28)21-11-5-8-14-24(21)30-17-20(29)16-27-23-13-7-6-12-22(23)26-25(27)15-19-9-3-2-4-10-19/h2-14,20,29H,15-17H2,1H3. The quantitative estimate of drug-likeness (QED) is 0.449. The number of imidazole rings is 1. The van der Waals surface area contributed by atoms with Crippen molar-refractivity contribution in [1.29, 1.82) is 0 Å². The average Bonchev–Trinajstić information content (AvgIpc) is 3.10. The second-order valence-corrected chi connectivity index (χ2v) is 7.31. The summed E-state index contributed by atoms with van der Waals surface area (Å²) >= 11 is 0. The molecule has 0 aliphatic carbocycles. The molecular weight excluding hydrogens is 376 g/mol. The summed E-state index contributed by atoms with van der Waals surface area (Å²) in [6.07, 6.45) is -0.0758. The van der Waals surface area contributed by atoms with Crippen LogP contribution in [0.3, 0.4) is 0 Å². The van der Waals surface area contributed by atoms with Gasteiger partial charge in [0.05, 0.1) is 23.1 Å². The van der Waals surface area contributed by atoms with Crippen LogP contribution < -0.4 is 4.74 Å². The molecule has 0 radical (unpaired) electrons. The summed E-state index contributed by atoms with van der Waals surface area (Å²) in [7, 11) is 0. The van der Waals surface area contributed by atoms with Gasteiger partial charge < -0.3 is 14.4 Å². The van der Waals surface area contributed by atoms with E-state index in [1.807, 2.05) is 53.1 Å². The highest BCUT2D eigenvalue weighted by Crippen LogP contribution is 2.21. The van der Waals surface area contributed by atoms with Gasteiger partial charge in [-0.25, -0.2) is 4.98 Å². The Morgan fingerprint density at radius 2 is 1.70 bits per heavy atom. The van der Waals surface area contributed by atoms with Gasteiger partial charge in [-0.05, 0) is 36.8 Å². The molecule has 1 aromatic heterocycles. The molecular formula is C25H24N2O3. The highest BCUT2D eigenvalue weighted by molar-refractivity contribution is 5.96. The van der Waals surface area contributed by atoms with E-state index in [1.54, 1.807) is 18.2 Å². The summed E-state index contributed by atoms with van der Waals surface area (Å²) in [5, 5.41) is 10.7. The number of aliphatic hydroxyl groups excluding tert-OH is 1. The van der Waals surface area contributed by atoms with Crippen LogP contribution in [0.4, 0.5) is 0 Å². The summed E-state index contributed by atoms with van der Waals surface area (Å²) in [5.74, 6) is 1.32. The number of carbonyl (C=O) groups is 1. The molecule has 0 amide bonds. The summed E-state index contributed by atoms with van der Waals surface area (Å²) < 4.78 is 7.82. The molecule has 4 aromatic rings. The van der Waals surface area contributed by atoms with Gasteiger partial charge in [-0.2, -0.15) is 0 Å². The van der Waals surface area contributed by atoms with Crippen molar-refractivity contribution in [2.75, 3.05) is 6.61 Å². The summed E-state index contributed by atoms with van der Waals surface area (Å²) in [6, 6.07) is 25.2. The van der Waals surface area contributed by atoms with E-state index in [9.17, 15) is 9.90 Å². The van der Waals surface area contributed by atoms with E-state index in [0.29, 0.717) is 24.3 Å². The Bertz CT molecular complexity index is 1150. The van der Waals surface area contributed by atoms with Crippen LogP contribution in [-0.4, -0.2) is 33.2 Å². The Morgan fingerprint density at radius 3 is 2.50 bits per heavy atom. The van der Waals surface area contributed by atoms with Gasteiger partial charge in [0, 0.05) is 6.42 Å². The number of ether oxygens (including phenoxy) is 1. The molecule has 0 aliphatic heterocycles. The second-order valence-electron chi connectivity index (χ2n) is 7.31. The lowest BCUT2D eigenvalue weighted by Crippen LogP contribution is -2.25. The van der Waals surface area contributed by atoms with E-state index >= 15 is 0 Å². The first-order valence-corrected chi connectivity index (χ1v) is 10.0. The van der Waals surface area contributed by atoms with E-state index < -0.39 is 6.10 Å². The molecule has 152 valence electrons. The number of ketones is 1. The van der Waals surface area contributed by atoms with E-state index in [2.05, 4.69) is 12.1 Å². The number of hydrogen-bond acceptors (Lipinski definition) is 4. The third-order valence-electron chi connectivity index (χ3n) is 5.03. The van der Waals surface area contributed by atoms with Crippen molar-refractivity contribution in [3.63, 3.8) is 0 Å². The molecule has 0 fully saturated rings. The monoisotopic (exact) mass is 400 g/mol. The van der Waals surface area contributed by atoms with Crippen LogP contribution in [0.1, 0.15) is 28.7 Å². The van der Waals surface area contributed by atoms with E-state index in [1.165, 1.54) is 6.92 Å². The summed E-state index contributed by atoms with van der Waals surface area (Å²) in [4.78, 5) is 16.6. The van der Waals surface area contributed by atoms with Crippen LogP contribution in [0.5, 0.6) is 5.75 Å². The highest BCUT2D eigenvalue weighted by atomic mass is 16.5. The van der Waals surface area contributed by atoms with Crippen LogP contribution in [-0.2, 0) is 13.0 Å². The maximum Gasteiger partial charge on any atom is 0.163 e. The molecule has 0 bridgehead atoms. The number of aromatic nitrogens is 2. The van der Waals surface area contributed by atoms with Crippen molar-refractivity contribution in [1.82, 2.24) is 9.55 Å². The number of fused-ring (bicyclic) bond motifs is 1. The number of hydrogen-bond donors (Lipinski definition) is 1. The molecule has 1 N–H and O–H groups in total. The van der Waals surface area contributed by atoms with Gasteiger partial charge in [0.25, 0.3) is 0 Å². The largest absolute Gasteiger partial charge is 0.490 e. The molecule has 0 aliphatic rings. The lowest BCUT2D eigenvalue weighted by molar-refractivity contribution is 0.0899. The Kier molecular flexibility index (Phi) is 5.91. The molecule has 0 saturated carbocycles. The van der Waals surface area contributed by atoms with Crippen molar-refractivity contribution in [3.8, 4) is 5.75 Å². The number of rotatable bonds is 8. The van der Waals surface area contributed by atoms with Crippen LogP contribution in [0.25, 0.3) is 11.0 Å². The number of benzene rings is 3. The SMILES string of the molecule is CC(=O)c1ccccc1OCC(O)Cn1c(Cc2ccccc2)nc2ccccc21. The van der Waals surface area contributed by atoms with Crippen molar-refractivity contribution in [3.05, 3.63) is 95.8 Å². The predicted molar refractivity (Wildman–Crippen MR) is 117 cm³/mol. The molecule has 0 spiro atoms. The summed E-state index contributed by atoms with van der Waals surface area (Å²) in [5.41, 5.74) is 3.56. The fourth-order valence-corrected chi connectivity index (χ4v) is 3.58. The fourth-order valence-electron chi connectivity index (χ4n) is 3.58. The number of nitrogens with zero attached hydrogens (tertiary/aromatic N) is 2. The fraction of sp³-hybridized carbons (Fsp3) is 0.200. The number of para-hydroxylation sites is 3. The first-order chi connectivity index (χ1) is 14.6. The Morgan fingerprint density at radius 1 is 1.00 bits per heavy atom. The van der Waals surface area contributed by atoms with Crippen LogP contribution in [0, 0.1) is 0 Å². The Balaban J connectivity index is 1.54. The zero-order valence-corrected chi connectivity index (χ0v) is 16.9. The van der Waals surface area contributed by atoms with Crippen molar-refractivity contribution >= 4 is 16.8 Å². The van der Waals surface area contributed by atoms with Crippen LogP contribution in [0.2, 0.25) is 0 Å². The van der Waals surface area contributed by atoms with Gasteiger partial charge in [0.2, 0.25) is 0 Å². The molecule has 5 heteroatoms. The first kappa shape index (κ1) is 19.9. The van der Waals surface area contributed by atoms with Gasteiger partial charge >= 0.3 is 0 Å². The van der Waals surface area contributed by atoms with Gasteiger partial charge in [0.15, 0.2) is 5.78 Å². The van der Waals surface area contributed by atoms with E-state index in [0.717, 1.165) is 22.4 Å². The normalized spacial score (nSPS) is 12.1. The van der Waals surface area contributed by atoms with E-state index in [-0.39, 0.29) is 12.4 Å². The molecule has 30 heavy (non-hydrogen) atoms. The minimum Gasteiger partial charge on any atom is -0.490 e. The van der Waals surface area contributed by atoms with Crippen LogP contribution >= 0.6 is 0 Å². The van der Waals surface area contributed by atoms with Crippen LogP contribution in [0.15, 0.2) is 78.9 Å². The molecule has 0 saturated heterocycles. The minimum absolute atomic E-state index is 0.0640. The third-order valence-corrected chi connectivity index (χ3v) is 5.03. The predicted octanol–water partition coefficient (Wildman–Crippen LogP) is 4.27. The average molecular weight is 400 g/mol. The highest BCUT2D eigenvalue weighted by Gasteiger charge is 2.16. The smallest absolute Gasteiger partial charge is 0.163 e. The molecule has 3 aromatic carbocycles. The molecule has 5 nitrogen and oxygen atoms in total. The zero-order valence-electron chi connectivity index (χ0n) is 16.9. The van der Waals surface area contributed by atoms with Crippen molar-refractivity contribution < 1.29 is 14.6 Å². The lowest BCUT2D eigenvalue weighted by Gasteiger charge is -2.17. The van der Waals surface area contributed by atoms with Gasteiger partial charge in [-0.3, -0.25) is 4.79 Å². The number of Topliss-reactive ketones (excluding diaryl/α,β-unsaturated/α-hetero) is 1. The topological polar surface area (TPSA) is 64.3 Å². The Labute approximate surface area is 175 Å². The minimum atomic E-state index is -0.753. The molecule has 1 heterocycles. The molecule has 1 unspecified atom stereocenters. The maximum atomic E-state index is 11.8. The van der Waals surface area contributed by atoms with Gasteiger partial charge in [-0.15, -0.1) is 0 Å². The molecule has 1 atom stereocenters. The zero-order chi connectivity index (χ0) is 20.9. The first-order valence-electron chi connectivity index (χ1n) is 10.0. The van der Waals surface area contributed by atoms with E-state index in [4.69, 9.17) is 9.72 Å². The molecule has 4 rings (SSSR count). The van der Waals surface area contributed by atoms with Crippen molar-refractivity contribution in [2.45, 2.75) is 26.0 Å². The third kappa shape index (κ3) is 4.42. The van der Waals surface area contributed by atoms with Gasteiger partial charge in [0.1, 0.15) is 24.3 Å². The van der Waals surface area contributed by atoms with Crippen molar-refractivity contribution in [2.24, 2.45) is 0 Å². The van der Waals surface area contributed by atoms with Gasteiger partial charge in [-0.1, -0.05) is 54.6 Å². The maximum absolute atomic E-state index is 11.8. The lowest BCUT2D eigenvalue weighted by atomic mass is 10.1. The number of aliphatic hydroxyl groups is 1. The summed E-state index contributed by atoms with van der Waals surface area (Å²) in [6.45, 7) is 1.94. The number of carbonyl (C=O) groups excluding carboxylic acids is 1. The second kappa shape index (κ2) is 8.93.